The minimum absolute atomic E-state index is 0.0821. The number of fused-ring (bicyclic) bond motifs is 1. The smallest absolute Gasteiger partial charge is 0.342 e. The van der Waals surface area contributed by atoms with Crippen LogP contribution >= 0.6 is 11.8 Å². The Morgan fingerprint density at radius 3 is 2.41 bits per heavy atom. The maximum absolute atomic E-state index is 15.3. The standard InChI is InChI=1S/C27H23FN2O3S/c1-15-10-18(11-16(2)29-15)20-13-23-21(12-22(20)28)25(31)24(27(32)33)26(30(23)19-8-9-19)34-14-17-6-4-3-5-7-17/h3-7,10-13,19H,8-9,14H2,1-2H3,(H,32,33). The topological polar surface area (TPSA) is 72.2 Å². The number of carboxylic acid groups (broad SMARTS) is 1. The van der Waals surface area contributed by atoms with Crippen LogP contribution in [0.25, 0.3) is 22.0 Å². The van der Waals surface area contributed by atoms with Crippen molar-refractivity contribution in [3.63, 3.8) is 0 Å². The number of carbonyl (C=O) groups is 1. The van der Waals surface area contributed by atoms with Crippen molar-refractivity contribution in [2.24, 2.45) is 0 Å². The first-order valence-electron chi connectivity index (χ1n) is 11.1. The lowest BCUT2D eigenvalue weighted by molar-refractivity contribution is 0.0690. The van der Waals surface area contributed by atoms with Crippen molar-refractivity contribution in [1.29, 1.82) is 0 Å². The van der Waals surface area contributed by atoms with Gasteiger partial charge in [-0.2, -0.15) is 0 Å². The van der Waals surface area contributed by atoms with Crippen LogP contribution in [0.2, 0.25) is 0 Å². The van der Waals surface area contributed by atoms with Crippen molar-refractivity contribution in [1.82, 2.24) is 9.55 Å². The molecule has 5 rings (SSSR count). The van der Waals surface area contributed by atoms with Crippen molar-refractivity contribution in [3.05, 3.63) is 93.2 Å². The number of carboxylic acids is 1. The number of thioether (sulfide) groups is 1. The van der Waals surface area contributed by atoms with E-state index in [-0.39, 0.29) is 17.0 Å². The summed E-state index contributed by atoms with van der Waals surface area (Å²) in [6.07, 6.45) is 1.77. The molecule has 2 aromatic carbocycles. The molecule has 0 atom stereocenters. The molecule has 0 spiro atoms. The van der Waals surface area contributed by atoms with E-state index in [2.05, 4.69) is 4.98 Å². The minimum Gasteiger partial charge on any atom is -0.477 e. The highest BCUT2D eigenvalue weighted by atomic mass is 32.2. The normalized spacial score (nSPS) is 13.4. The second kappa shape index (κ2) is 8.72. The van der Waals surface area contributed by atoms with E-state index in [9.17, 15) is 14.7 Å². The summed E-state index contributed by atoms with van der Waals surface area (Å²) in [5, 5.41) is 10.5. The van der Waals surface area contributed by atoms with E-state index in [0.29, 0.717) is 27.4 Å². The first-order chi connectivity index (χ1) is 16.3. The van der Waals surface area contributed by atoms with Crippen LogP contribution < -0.4 is 5.43 Å². The first-order valence-corrected chi connectivity index (χ1v) is 12.1. The van der Waals surface area contributed by atoms with Crippen LogP contribution in [0.4, 0.5) is 4.39 Å². The Kier molecular flexibility index (Phi) is 5.73. The molecule has 2 aromatic heterocycles. The maximum Gasteiger partial charge on any atom is 0.342 e. The minimum atomic E-state index is -1.29. The predicted octanol–water partition coefficient (Wildman–Crippen LogP) is 6.14. The van der Waals surface area contributed by atoms with Gasteiger partial charge >= 0.3 is 5.97 Å². The van der Waals surface area contributed by atoms with Gasteiger partial charge < -0.3 is 9.67 Å². The van der Waals surface area contributed by atoms with Crippen LogP contribution in [0.15, 0.2) is 64.4 Å². The molecule has 1 aliphatic carbocycles. The fourth-order valence-electron chi connectivity index (χ4n) is 4.37. The van der Waals surface area contributed by atoms with E-state index in [1.165, 1.54) is 17.8 Å². The largest absolute Gasteiger partial charge is 0.477 e. The molecule has 1 fully saturated rings. The molecular formula is C27H23FN2O3S. The summed E-state index contributed by atoms with van der Waals surface area (Å²) < 4.78 is 17.2. The molecule has 172 valence electrons. The summed E-state index contributed by atoms with van der Waals surface area (Å²) in [7, 11) is 0. The zero-order chi connectivity index (χ0) is 24.0. The van der Waals surface area contributed by atoms with Gasteiger partial charge in [0, 0.05) is 34.1 Å². The first kappa shape index (κ1) is 22.3. The molecule has 0 aliphatic heterocycles. The molecule has 1 aliphatic rings. The van der Waals surface area contributed by atoms with Crippen molar-refractivity contribution in [2.45, 2.75) is 43.5 Å². The van der Waals surface area contributed by atoms with Crippen LogP contribution in [0.3, 0.4) is 0 Å². The molecule has 1 saturated carbocycles. The Labute approximate surface area is 200 Å². The van der Waals surface area contributed by atoms with Crippen LogP contribution in [0.1, 0.15) is 46.2 Å². The zero-order valence-corrected chi connectivity index (χ0v) is 19.7. The number of pyridine rings is 2. The van der Waals surface area contributed by atoms with Gasteiger partial charge in [-0.15, -0.1) is 11.8 Å². The molecule has 0 unspecified atom stereocenters. The number of aromatic nitrogens is 2. The van der Waals surface area contributed by atoms with Gasteiger partial charge in [0.2, 0.25) is 5.43 Å². The summed E-state index contributed by atoms with van der Waals surface area (Å²) in [6.45, 7) is 3.71. The summed E-state index contributed by atoms with van der Waals surface area (Å²) in [4.78, 5) is 29.9. The van der Waals surface area contributed by atoms with Gasteiger partial charge in [-0.1, -0.05) is 30.3 Å². The van der Waals surface area contributed by atoms with Crippen molar-refractivity contribution in [2.75, 3.05) is 0 Å². The highest BCUT2D eigenvalue weighted by Gasteiger charge is 2.32. The van der Waals surface area contributed by atoms with Crippen molar-refractivity contribution < 1.29 is 14.3 Å². The number of nitrogens with zero attached hydrogens (tertiary/aromatic N) is 2. The number of rotatable bonds is 6. The fourth-order valence-corrected chi connectivity index (χ4v) is 5.57. The molecule has 2 heterocycles. The molecule has 0 bridgehead atoms. The highest BCUT2D eigenvalue weighted by Crippen LogP contribution is 2.43. The van der Waals surface area contributed by atoms with Crippen LogP contribution in [0.5, 0.6) is 0 Å². The lowest BCUT2D eigenvalue weighted by Crippen LogP contribution is -2.22. The Bertz CT molecular complexity index is 1470. The molecular weight excluding hydrogens is 451 g/mol. The molecule has 7 heteroatoms. The summed E-state index contributed by atoms with van der Waals surface area (Å²) in [5.74, 6) is -1.32. The van der Waals surface area contributed by atoms with Gasteiger partial charge in [-0.05, 0) is 62.1 Å². The second-order valence-electron chi connectivity index (χ2n) is 8.68. The monoisotopic (exact) mass is 474 g/mol. The third-order valence-electron chi connectivity index (χ3n) is 5.99. The quantitative estimate of drug-likeness (QED) is 0.340. The number of benzene rings is 2. The average molecular weight is 475 g/mol. The third kappa shape index (κ3) is 4.12. The Morgan fingerprint density at radius 1 is 1.12 bits per heavy atom. The SMILES string of the molecule is Cc1cc(-c2cc3c(cc2F)c(=O)c(C(=O)O)c(SCc2ccccc2)n3C2CC2)cc(C)n1. The van der Waals surface area contributed by atoms with E-state index in [4.69, 9.17) is 0 Å². The molecule has 4 aromatic rings. The average Bonchev–Trinajstić information content (AvgIpc) is 3.62. The van der Waals surface area contributed by atoms with E-state index in [1.54, 1.807) is 6.07 Å². The van der Waals surface area contributed by atoms with Crippen LogP contribution in [-0.4, -0.2) is 20.6 Å². The molecule has 0 saturated heterocycles. The Balaban J connectivity index is 1.77. The van der Waals surface area contributed by atoms with Gasteiger partial charge in [0.25, 0.3) is 0 Å². The van der Waals surface area contributed by atoms with Gasteiger partial charge in [0.05, 0.1) is 10.5 Å². The lowest BCUT2D eigenvalue weighted by atomic mass is 10.0. The van der Waals surface area contributed by atoms with E-state index in [1.807, 2.05) is 60.9 Å². The van der Waals surface area contributed by atoms with E-state index >= 15 is 4.39 Å². The molecule has 0 radical (unpaired) electrons. The van der Waals surface area contributed by atoms with Crippen molar-refractivity contribution in [3.8, 4) is 11.1 Å². The lowest BCUT2D eigenvalue weighted by Gasteiger charge is -2.20. The number of hydrogen-bond donors (Lipinski definition) is 1. The van der Waals surface area contributed by atoms with E-state index in [0.717, 1.165) is 29.8 Å². The number of aryl methyl sites for hydroxylation is 2. The predicted molar refractivity (Wildman–Crippen MR) is 132 cm³/mol. The fraction of sp³-hybridized carbons (Fsp3) is 0.222. The van der Waals surface area contributed by atoms with Gasteiger partial charge in [-0.25, -0.2) is 9.18 Å². The molecule has 34 heavy (non-hydrogen) atoms. The van der Waals surface area contributed by atoms with Crippen LogP contribution in [-0.2, 0) is 5.75 Å². The molecule has 1 N–H and O–H groups in total. The van der Waals surface area contributed by atoms with Crippen LogP contribution in [0, 0.1) is 19.7 Å². The Hall–Kier alpha value is -3.45. The van der Waals surface area contributed by atoms with Gasteiger partial charge in [0.1, 0.15) is 11.4 Å². The highest BCUT2D eigenvalue weighted by molar-refractivity contribution is 7.98. The van der Waals surface area contributed by atoms with Gasteiger partial charge in [-0.3, -0.25) is 9.78 Å². The van der Waals surface area contributed by atoms with Crippen molar-refractivity contribution >= 4 is 28.6 Å². The van der Waals surface area contributed by atoms with Gasteiger partial charge in [0.15, 0.2) is 0 Å². The second-order valence-corrected chi connectivity index (χ2v) is 9.64. The maximum atomic E-state index is 15.3. The summed E-state index contributed by atoms with van der Waals surface area (Å²) >= 11 is 1.34. The number of aromatic carboxylic acids is 1. The Morgan fingerprint density at radius 2 is 1.79 bits per heavy atom. The number of hydrogen-bond acceptors (Lipinski definition) is 4. The molecule has 0 amide bonds. The zero-order valence-electron chi connectivity index (χ0n) is 18.8. The summed E-state index contributed by atoms with van der Waals surface area (Å²) in [5.41, 5.74) is 3.25. The third-order valence-corrected chi connectivity index (χ3v) is 7.14. The molecule has 5 nitrogen and oxygen atoms in total. The summed E-state index contributed by atoms with van der Waals surface area (Å²) in [6, 6.07) is 16.3. The van der Waals surface area contributed by atoms with E-state index < -0.39 is 17.2 Å². The number of halogens is 1.